The molecule has 1 aliphatic carbocycles. The lowest BCUT2D eigenvalue weighted by atomic mass is 9.83. The predicted octanol–water partition coefficient (Wildman–Crippen LogP) is 3.73. The van der Waals surface area contributed by atoms with Crippen molar-refractivity contribution in [1.82, 2.24) is 9.58 Å². The summed E-state index contributed by atoms with van der Waals surface area (Å²) in [4.78, 5) is 40.2. The summed E-state index contributed by atoms with van der Waals surface area (Å²) in [5.41, 5.74) is 1.61. The van der Waals surface area contributed by atoms with Crippen LogP contribution in [0.4, 0.5) is 13.6 Å². The van der Waals surface area contributed by atoms with Crippen LogP contribution in [0.15, 0.2) is 53.5 Å². The Morgan fingerprint density at radius 3 is 2.68 bits per heavy atom. The van der Waals surface area contributed by atoms with Crippen LogP contribution in [0.25, 0.3) is 0 Å². The molecule has 0 spiro atoms. The van der Waals surface area contributed by atoms with Gasteiger partial charge in [0, 0.05) is 36.9 Å². The summed E-state index contributed by atoms with van der Waals surface area (Å²) in [6, 6.07) is 10.8. The fourth-order valence-corrected chi connectivity index (χ4v) is 6.91. The average molecular weight is 610 g/mol. The molecule has 7 rings (SSSR count). The molecule has 44 heavy (non-hydrogen) atoms. The first-order valence-corrected chi connectivity index (χ1v) is 14.4. The molecule has 4 atom stereocenters. The predicted molar refractivity (Wildman–Crippen MR) is 149 cm³/mol. The molecule has 4 unspecified atom stereocenters. The smallest absolute Gasteiger partial charge is 0.451 e. The van der Waals surface area contributed by atoms with Gasteiger partial charge in [0.05, 0.1) is 32.5 Å². The first-order chi connectivity index (χ1) is 21.4. The van der Waals surface area contributed by atoms with Gasteiger partial charge < -0.3 is 28.6 Å². The first kappa shape index (κ1) is 28.3. The highest BCUT2D eigenvalue weighted by molar-refractivity contribution is 5.96. The summed E-state index contributed by atoms with van der Waals surface area (Å²) in [5.74, 6) is -3.17. The van der Waals surface area contributed by atoms with E-state index in [1.165, 1.54) is 16.9 Å². The summed E-state index contributed by atoms with van der Waals surface area (Å²) < 4.78 is 59.4. The molecule has 4 aliphatic rings. The zero-order chi connectivity index (χ0) is 30.5. The highest BCUT2D eigenvalue weighted by Gasteiger charge is 2.49. The van der Waals surface area contributed by atoms with E-state index in [1.54, 1.807) is 11.0 Å². The molecule has 0 radical (unpaired) electrons. The molecule has 3 aliphatic heterocycles. The van der Waals surface area contributed by atoms with Crippen molar-refractivity contribution in [2.75, 3.05) is 45.3 Å². The topological polar surface area (TPSA) is 109 Å². The third-order valence-electron chi connectivity index (χ3n) is 8.72. The Bertz CT molecular complexity index is 1700. The highest BCUT2D eigenvalue weighted by Crippen LogP contribution is 2.52. The number of benzene rings is 2. The minimum Gasteiger partial charge on any atom is -0.451 e. The van der Waals surface area contributed by atoms with E-state index in [4.69, 9.17) is 18.9 Å². The van der Waals surface area contributed by atoms with Crippen LogP contribution >= 0.6 is 0 Å². The number of hydrogen-bond acceptors (Lipinski definition) is 9. The van der Waals surface area contributed by atoms with Crippen LogP contribution in [0.2, 0.25) is 0 Å². The molecular weight excluding hydrogens is 580 g/mol. The molecule has 1 aromatic heterocycles. The molecule has 13 heteroatoms. The van der Waals surface area contributed by atoms with Crippen molar-refractivity contribution in [2.24, 2.45) is 0 Å². The van der Waals surface area contributed by atoms with Crippen molar-refractivity contribution >= 4 is 12.1 Å². The number of aromatic nitrogens is 1. The Labute approximate surface area is 250 Å². The van der Waals surface area contributed by atoms with E-state index < -0.39 is 60.1 Å². The molecule has 3 aromatic rings. The molecule has 0 saturated carbocycles. The summed E-state index contributed by atoms with van der Waals surface area (Å²) in [7, 11) is 1.12. The van der Waals surface area contributed by atoms with Gasteiger partial charge in [0.15, 0.2) is 17.3 Å². The normalized spacial score (nSPS) is 23.8. The minimum atomic E-state index is -1.03. The third-order valence-corrected chi connectivity index (χ3v) is 8.72. The van der Waals surface area contributed by atoms with Crippen LogP contribution in [0.5, 0.6) is 5.75 Å². The number of fused-ring (bicyclic) bond motifs is 7. The van der Waals surface area contributed by atoms with Crippen LogP contribution in [-0.4, -0.2) is 68.1 Å². The number of nitrogens with zero attached hydrogens (tertiary/aromatic N) is 3. The molecule has 0 N–H and O–H groups in total. The SMILES string of the molecule is COC(=O)OCOc1c2n(ccc1=O)N(C1c3ccccc3C3OCCCC3c3c1ccc(F)c3F)C1COCCN1C2=O. The van der Waals surface area contributed by atoms with Crippen molar-refractivity contribution in [1.29, 1.82) is 0 Å². The number of carbonyl (C=O) groups is 2. The van der Waals surface area contributed by atoms with Crippen LogP contribution in [0.1, 0.15) is 63.6 Å². The second-order valence-electron chi connectivity index (χ2n) is 10.9. The van der Waals surface area contributed by atoms with Crippen molar-refractivity contribution in [2.45, 2.75) is 37.1 Å². The van der Waals surface area contributed by atoms with Crippen LogP contribution in [0.3, 0.4) is 0 Å². The number of amides is 1. The third kappa shape index (κ3) is 4.41. The monoisotopic (exact) mass is 609 g/mol. The van der Waals surface area contributed by atoms with E-state index in [-0.39, 0.29) is 36.8 Å². The van der Waals surface area contributed by atoms with Gasteiger partial charge in [-0.1, -0.05) is 30.3 Å². The zero-order valence-electron chi connectivity index (χ0n) is 23.7. The van der Waals surface area contributed by atoms with Crippen molar-refractivity contribution in [3.8, 4) is 5.75 Å². The largest absolute Gasteiger partial charge is 0.510 e. The number of pyridine rings is 1. The maximum atomic E-state index is 16.0. The van der Waals surface area contributed by atoms with E-state index in [0.717, 1.165) is 24.3 Å². The summed E-state index contributed by atoms with van der Waals surface area (Å²) >= 11 is 0. The summed E-state index contributed by atoms with van der Waals surface area (Å²) in [6.45, 7) is 0.366. The van der Waals surface area contributed by atoms with Gasteiger partial charge >= 0.3 is 6.16 Å². The van der Waals surface area contributed by atoms with Crippen LogP contribution in [-0.2, 0) is 18.9 Å². The summed E-state index contributed by atoms with van der Waals surface area (Å²) in [5, 5.41) is 1.84. The van der Waals surface area contributed by atoms with Gasteiger partial charge in [-0.3, -0.25) is 19.3 Å². The van der Waals surface area contributed by atoms with Crippen molar-refractivity contribution in [3.63, 3.8) is 0 Å². The number of hydrogen-bond donors (Lipinski definition) is 0. The molecule has 2 aromatic carbocycles. The molecule has 11 nitrogen and oxygen atoms in total. The highest BCUT2D eigenvalue weighted by atomic mass is 19.2. The van der Waals surface area contributed by atoms with Gasteiger partial charge in [-0.05, 0) is 35.6 Å². The molecule has 4 heterocycles. The van der Waals surface area contributed by atoms with E-state index >= 15 is 4.39 Å². The lowest BCUT2D eigenvalue weighted by Crippen LogP contribution is -2.66. The van der Waals surface area contributed by atoms with Crippen molar-refractivity contribution < 1.29 is 42.1 Å². The van der Waals surface area contributed by atoms with Gasteiger partial charge in [-0.2, -0.15) is 0 Å². The fourth-order valence-electron chi connectivity index (χ4n) is 6.91. The number of rotatable bonds is 4. The number of halogens is 2. The number of carbonyl (C=O) groups excluding carboxylic acids is 2. The first-order valence-electron chi connectivity index (χ1n) is 14.4. The average Bonchev–Trinajstić information content (AvgIpc) is 3.17. The van der Waals surface area contributed by atoms with E-state index in [0.29, 0.717) is 25.0 Å². The van der Waals surface area contributed by atoms with E-state index in [2.05, 4.69) is 4.74 Å². The standard InChI is InChI=1S/C31H29F2N3O8/c1-40-31(39)44-16-43-29-22(37)10-11-35-27(29)30(38)34-12-14-41-15-23(34)36(35)26-17-5-2-3-6-18(17)28-20(7-4-13-42-28)24-19(26)8-9-21(32)25(24)33/h2-3,5-6,8-11,20,23,26,28H,4,7,12-16H2,1H3. The van der Waals surface area contributed by atoms with Crippen LogP contribution < -0.4 is 15.2 Å². The second kappa shape index (κ2) is 11.2. The molecule has 230 valence electrons. The maximum Gasteiger partial charge on any atom is 0.510 e. The lowest BCUT2D eigenvalue weighted by molar-refractivity contribution is -0.0209. The number of morpholine rings is 1. The van der Waals surface area contributed by atoms with Gasteiger partial charge in [0.2, 0.25) is 18.0 Å². The van der Waals surface area contributed by atoms with Gasteiger partial charge in [0.25, 0.3) is 5.91 Å². The maximum absolute atomic E-state index is 16.0. The Balaban J connectivity index is 1.48. The number of methoxy groups -OCH3 is 1. The lowest BCUT2D eigenvalue weighted by Gasteiger charge is -2.51. The van der Waals surface area contributed by atoms with Crippen LogP contribution in [0, 0.1) is 11.6 Å². The Morgan fingerprint density at radius 1 is 1.05 bits per heavy atom. The van der Waals surface area contributed by atoms with Crippen molar-refractivity contribution in [3.05, 3.63) is 98.5 Å². The minimum absolute atomic E-state index is 0.108. The molecule has 2 saturated heterocycles. The van der Waals surface area contributed by atoms with Gasteiger partial charge in [-0.25, -0.2) is 13.6 Å². The Morgan fingerprint density at radius 2 is 1.86 bits per heavy atom. The van der Waals surface area contributed by atoms with Gasteiger partial charge in [-0.15, -0.1) is 0 Å². The Kier molecular flexibility index (Phi) is 7.21. The van der Waals surface area contributed by atoms with Gasteiger partial charge in [0.1, 0.15) is 6.17 Å². The zero-order valence-corrected chi connectivity index (χ0v) is 23.7. The molecule has 0 bridgehead atoms. The van der Waals surface area contributed by atoms with E-state index in [9.17, 15) is 18.8 Å². The Hall–Kier alpha value is -4.49. The molecule has 2 fully saturated rings. The quantitative estimate of drug-likeness (QED) is 0.323. The molecule has 1 amide bonds. The second-order valence-corrected chi connectivity index (χ2v) is 10.9. The summed E-state index contributed by atoms with van der Waals surface area (Å²) in [6.07, 6.45) is 0.493. The number of ether oxygens (including phenoxy) is 5. The van der Waals surface area contributed by atoms with E-state index in [1.807, 2.05) is 29.3 Å². The molecular formula is C31H29F2N3O8. The fraction of sp³-hybridized carbons (Fsp3) is 0.387.